The predicted molar refractivity (Wildman–Crippen MR) is 225 cm³/mol. The first-order valence-corrected chi connectivity index (χ1v) is 23.1. The van der Waals surface area contributed by atoms with Gasteiger partial charge in [0.15, 0.2) is 0 Å². The summed E-state index contributed by atoms with van der Waals surface area (Å²) in [5.74, 6) is 0. The molecule has 0 spiro atoms. The molecule has 2 fully saturated rings. The lowest BCUT2D eigenvalue weighted by molar-refractivity contribution is -0.118. The van der Waals surface area contributed by atoms with Crippen LogP contribution in [0.15, 0.2) is 0 Å². The molecule has 5 nitrogen and oxygen atoms in total. The lowest BCUT2D eigenvalue weighted by Crippen LogP contribution is -2.63. The Labute approximate surface area is 325 Å². The lowest BCUT2D eigenvalue weighted by Gasteiger charge is -2.55. The molecule has 0 atom stereocenters. The number of hydrogen-bond acceptors (Lipinski definition) is 5. The SMILES string of the molecule is CCCCCCCCCCCCCCN1C(C)(C)CC(OC(=O)OC2CC(C)(C)N(CCCCCCCCCCCCCC)C(C)(C)C2)CC1(C)C. The van der Waals surface area contributed by atoms with E-state index in [0.717, 1.165) is 38.8 Å². The van der Waals surface area contributed by atoms with Crippen molar-refractivity contribution in [3.05, 3.63) is 0 Å². The molecule has 2 aliphatic heterocycles. The van der Waals surface area contributed by atoms with Crippen LogP contribution in [0.25, 0.3) is 0 Å². The van der Waals surface area contributed by atoms with Gasteiger partial charge in [0, 0.05) is 47.8 Å². The Morgan fingerprint density at radius 1 is 0.404 bits per heavy atom. The molecule has 0 amide bonds. The minimum absolute atomic E-state index is 0.0202. The number of hydrogen-bond donors (Lipinski definition) is 0. The van der Waals surface area contributed by atoms with E-state index in [1.807, 2.05) is 0 Å². The van der Waals surface area contributed by atoms with Crippen molar-refractivity contribution in [2.75, 3.05) is 13.1 Å². The van der Waals surface area contributed by atoms with E-state index in [1.165, 1.54) is 154 Å². The van der Waals surface area contributed by atoms with E-state index in [0.29, 0.717) is 0 Å². The number of unbranched alkanes of at least 4 members (excludes halogenated alkanes) is 22. The van der Waals surface area contributed by atoms with Crippen molar-refractivity contribution in [1.82, 2.24) is 9.80 Å². The third kappa shape index (κ3) is 18.2. The fourth-order valence-corrected chi connectivity index (χ4v) is 10.4. The van der Waals surface area contributed by atoms with Crippen LogP contribution >= 0.6 is 0 Å². The van der Waals surface area contributed by atoms with Crippen molar-refractivity contribution in [2.24, 2.45) is 0 Å². The maximum absolute atomic E-state index is 13.3. The third-order valence-electron chi connectivity index (χ3n) is 12.8. The highest BCUT2D eigenvalue weighted by atomic mass is 16.7. The van der Waals surface area contributed by atoms with E-state index in [-0.39, 0.29) is 34.4 Å². The summed E-state index contributed by atoms with van der Waals surface area (Å²) in [6.07, 6.45) is 35.9. The molecule has 0 aromatic rings. The van der Waals surface area contributed by atoms with E-state index < -0.39 is 6.16 Å². The standard InChI is InChI=1S/C47H92N2O3/c1-11-13-15-17-19-21-23-25-27-29-31-33-35-48-44(3,4)37-41(38-45(48,5)6)51-43(50)52-42-39-46(7,8)49(47(9,10)40-42)36-34-32-30-28-26-24-22-20-18-16-14-12-2/h41-42H,11-40H2,1-10H3. The number of carbonyl (C=O) groups excluding carboxylic acids is 1. The Bertz CT molecular complexity index is 820. The van der Waals surface area contributed by atoms with Crippen LogP contribution in [0, 0.1) is 0 Å². The predicted octanol–water partition coefficient (Wildman–Crippen LogP) is 14.6. The molecule has 0 saturated carbocycles. The fraction of sp³-hybridized carbons (Fsp3) is 0.979. The summed E-state index contributed by atoms with van der Waals surface area (Å²) in [6, 6.07) is 0. The van der Waals surface area contributed by atoms with Gasteiger partial charge in [-0.2, -0.15) is 0 Å². The molecule has 0 unspecified atom stereocenters. The van der Waals surface area contributed by atoms with E-state index in [9.17, 15) is 4.79 Å². The average Bonchev–Trinajstić information content (AvgIpc) is 3.03. The second-order valence-electron chi connectivity index (χ2n) is 19.9. The van der Waals surface area contributed by atoms with Crippen molar-refractivity contribution in [3.63, 3.8) is 0 Å². The maximum atomic E-state index is 13.3. The van der Waals surface area contributed by atoms with Crippen molar-refractivity contribution in [3.8, 4) is 0 Å². The number of nitrogens with zero attached hydrogens (tertiary/aromatic N) is 2. The largest absolute Gasteiger partial charge is 0.508 e. The first-order valence-electron chi connectivity index (χ1n) is 23.1. The highest BCUT2D eigenvalue weighted by Gasteiger charge is 2.48. The summed E-state index contributed by atoms with van der Waals surface area (Å²) < 4.78 is 12.3. The molecule has 0 N–H and O–H groups in total. The van der Waals surface area contributed by atoms with Crippen LogP contribution in [-0.2, 0) is 9.47 Å². The molecule has 0 radical (unpaired) electrons. The molecule has 5 heteroatoms. The van der Waals surface area contributed by atoms with Gasteiger partial charge in [-0.15, -0.1) is 0 Å². The van der Waals surface area contributed by atoms with Crippen LogP contribution in [0.4, 0.5) is 4.79 Å². The molecule has 0 bridgehead atoms. The molecular formula is C47H92N2O3. The summed E-state index contributed by atoms with van der Waals surface area (Å²) >= 11 is 0. The minimum Gasteiger partial charge on any atom is -0.431 e. The van der Waals surface area contributed by atoms with Crippen molar-refractivity contribution in [2.45, 2.75) is 283 Å². The Hall–Kier alpha value is -0.810. The Balaban J connectivity index is 1.69. The van der Waals surface area contributed by atoms with E-state index in [1.54, 1.807) is 0 Å². The van der Waals surface area contributed by atoms with Gasteiger partial charge in [-0.1, -0.05) is 155 Å². The monoisotopic (exact) mass is 733 g/mol. The number of carbonyl (C=O) groups is 1. The summed E-state index contributed by atoms with van der Waals surface area (Å²) in [6.45, 7) is 25.6. The van der Waals surface area contributed by atoms with Crippen LogP contribution in [0.5, 0.6) is 0 Å². The summed E-state index contributed by atoms with van der Waals surface area (Å²) in [7, 11) is 0. The average molecular weight is 733 g/mol. The van der Waals surface area contributed by atoms with Crippen molar-refractivity contribution in [1.29, 1.82) is 0 Å². The quantitative estimate of drug-likeness (QED) is 0.0592. The highest BCUT2D eigenvalue weighted by Crippen LogP contribution is 2.42. The van der Waals surface area contributed by atoms with Crippen LogP contribution in [0.3, 0.4) is 0 Å². The lowest BCUT2D eigenvalue weighted by atomic mass is 9.77. The molecular weight excluding hydrogens is 641 g/mol. The van der Waals surface area contributed by atoms with Gasteiger partial charge in [0.1, 0.15) is 12.2 Å². The van der Waals surface area contributed by atoms with Crippen LogP contribution < -0.4 is 0 Å². The first kappa shape index (κ1) is 47.3. The van der Waals surface area contributed by atoms with Gasteiger partial charge in [0.25, 0.3) is 0 Å². The van der Waals surface area contributed by atoms with Crippen LogP contribution in [-0.4, -0.2) is 63.4 Å². The molecule has 2 rings (SSSR count). The smallest absolute Gasteiger partial charge is 0.431 e. The molecule has 2 heterocycles. The molecule has 2 saturated heterocycles. The zero-order valence-corrected chi connectivity index (χ0v) is 37.0. The number of piperidine rings is 2. The van der Waals surface area contributed by atoms with Gasteiger partial charge in [0.2, 0.25) is 0 Å². The molecule has 2 aliphatic rings. The van der Waals surface area contributed by atoms with Gasteiger partial charge in [-0.3, -0.25) is 9.80 Å². The normalized spacial score (nSPS) is 20.7. The van der Waals surface area contributed by atoms with E-state index >= 15 is 0 Å². The topological polar surface area (TPSA) is 42.0 Å². The highest BCUT2D eigenvalue weighted by molar-refractivity contribution is 5.60. The second-order valence-corrected chi connectivity index (χ2v) is 19.9. The zero-order valence-electron chi connectivity index (χ0n) is 37.0. The van der Waals surface area contributed by atoms with Gasteiger partial charge >= 0.3 is 6.16 Å². The van der Waals surface area contributed by atoms with E-state index in [2.05, 4.69) is 79.0 Å². The summed E-state index contributed by atoms with van der Waals surface area (Å²) in [4.78, 5) is 18.7. The van der Waals surface area contributed by atoms with Gasteiger partial charge in [-0.25, -0.2) is 4.79 Å². The zero-order chi connectivity index (χ0) is 38.5. The molecule has 308 valence electrons. The molecule has 52 heavy (non-hydrogen) atoms. The fourth-order valence-electron chi connectivity index (χ4n) is 10.4. The first-order chi connectivity index (χ1) is 24.6. The molecule has 0 aromatic heterocycles. The number of likely N-dealkylation sites (tertiary alicyclic amines) is 2. The van der Waals surface area contributed by atoms with Gasteiger partial charge < -0.3 is 9.47 Å². The second kappa shape index (κ2) is 24.7. The minimum atomic E-state index is -0.461. The van der Waals surface area contributed by atoms with Crippen LogP contribution in [0.2, 0.25) is 0 Å². The summed E-state index contributed by atoms with van der Waals surface area (Å²) in [5.41, 5.74) is -0.0806. The third-order valence-corrected chi connectivity index (χ3v) is 12.8. The summed E-state index contributed by atoms with van der Waals surface area (Å²) in [5, 5.41) is 0. The van der Waals surface area contributed by atoms with E-state index in [4.69, 9.17) is 9.47 Å². The van der Waals surface area contributed by atoms with Crippen LogP contribution in [0.1, 0.15) is 249 Å². The van der Waals surface area contributed by atoms with Gasteiger partial charge in [-0.05, 0) is 81.3 Å². The maximum Gasteiger partial charge on any atom is 0.508 e. The Morgan fingerprint density at radius 2 is 0.615 bits per heavy atom. The number of ether oxygens (including phenoxy) is 2. The molecule has 0 aliphatic carbocycles. The molecule has 0 aromatic carbocycles. The Kier molecular flexibility index (Phi) is 22.4. The van der Waals surface area contributed by atoms with Gasteiger partial charge in [0.05, 0.1) is 0 Å². The van der Waals surface area contributed by atoms with Crippen molar-refractivity contribution >= 4 is 6.16 Å². The number of rotatable bonds is 28. The van der Waals surface area contributed by atoms with Crippen molar-refractivity contribution < 1.29 is 14.3 Å². The Morgan fingerprint density at radius 3 is 0.846 bits per heavy atom.